The SMILES string of the molecule is CCCCCCCC(CCC)CC(C)(CC)C(=O)O. The summed E-state index contributed by atoms with van der Waals surface area (Å²) in [6.07, 6.45) is 11.7. The Balaban J connectivity index is 4.20. The number of rotatable bonds is 12. The lowest BCUT2D eigenvalue weighted by Crippen LogP contribution is -2.29. The van der Waals surface area contributed by atoms with Crippen LogP contribution in [0.5, 0.6) is 0 Å². The highest BCUT2D eigenvalue weighted by molar-refractivity contribution is 5.74. The monoisotopic (exact) mass is 270 g/mol. The Hall–Kier alpha value is -0.530. The van der Waals surface area contributed by atoms with Crippen molar-refractivity contribution in [2.45, 2.75) is 91.9 Å². The molecule has 0 aromatic heterocycles. The van der Waals surface area contributed by atoms with Gasteiger partial charge in [0, 0.05) is 0 Å². The Morgan fingerprint density at radius 2 is 1.63 bits per heavy atom. The molecule has 0 aliphatic rings. The average Bonchev–Trinajstić information content (AvgIpc) is 2.38. The number of unbranched alkanes of at least 4 members (excludes halogenated alkanes) is 4. The maximum Gasteiger partial charge on any atom is 0.309 e. The van der Waals surface area contributed by atoms with Gasteiger partial charge in [-0.05, 0) is 25.7 Å². The molecule has 0 spiro atoms. The van der Waals surface area contributed by atoms with E-state index in [2.05, 4.69) is 13.8 Å². The van der Waals surface area contributed by atoms with E-state index in [9.17, 15) is 9.90 Å². The molecule has 114 valence electrons. The normalized spacial score (nSPS) is 16.0. The van der Waals surface area contributed by atoms with Gasteiger partial charge in [-0.15, -0.1) is 0 Å². The lowest BCUT2D eigenvalue weighted by atomic mass is 9.76. The molecule has 2 heteroatoms. The lowest BCUT2D eigenvalue weighted by molar-refractivity contribution is -0.149. The molecule has 0 saturated carbocycles. The molecule has 0 rings (SSSR count). The first-order valence-corrected chi connectivity index (χ1v) is 8.23. The first-order chi connectivity index (χ1) is 9.00. The molecular formula is C17H34O2. The highest BCUT2D eigenvalue weighted by Crippen LogP contribution is 2.34. The van der Waals surface area contributed by atoms with Crippen LogP contribution in [0, 0.1) is 11.3 Å². The highest BCUT2D eigenvalue weighted by atomic mass is 16.4. The summed E-state index contributed by atoms with van der Waals surface area (Å²) in [4.78, 5) is 11.4. The predicted molar refractivity (Wildman–Crippen MR) is 82.4 cm³/mol. The van der Waals surface area contributed by atoms with E-state index in [0.29, 0.717) is 5.92 Å². The van der Waals surface area contributed by atoms with Crippen molar-refractivity contribution in [2.24, 2.45) is 11.3 Å². The van der Waals surface area contributed by atoms with Crippen LogP contribution >= 0.6 is 0 Å². The highest BCUT2D eigenvalue weighted by Gasteiger charge is 2.33. The molecule has 1 N–H and O–H groups in total. The fourth-order valence-corrected chi connectivity index (χ4v) is 2.81. The molecule has 0 aliphatic carbocycles. The first-order valence-electron chi connectivity index (χ1n) is 8.23. The van der Waals surface area contributed by atoms with Crippen LogP contribution in [0.25, 0.3) is 0 Å². The Kier molecular flexibility index (Phi) is 9.99. The van der Waals surface area contributed by atoms with Crippen molar-refractivity contribution in [3.05, 3.63) is 0 Å². The summed E-state index contributed by atoms with van der Waals surface area (Å²) in [5, 5.41) is 9.39. The quantitative estimate of drug-likeness (QED) is 0.465. The summed E-state index contributed by atoms with van der Waals surface area (Å²) in [6.45, 7) is 8.35. The number of hydrogen-bond acceptors (Lipinski definition) is 1. The standard InChI is InChI=1S/C17H34O2/c1-5-8-9-10-11-13-15(12-6-2)14-17(4,7-3)16(18)19/h15H,5-14H2,1-4H3,(H,18,19). The molecule has 2 atom stereocenters. The van der Waals surface area contributed by atoms with E-state index in [4.69, 9.17) is 0 Å². The van der Waals surface area contributed by atoms with Crippen LogP contribution in [-0.2, 0) is 4.79 Å². The van der Waals surface area contributed by atoms with Gasteiger partial charge in [0.05, 0.1) is 5.41 Å². The van der Waals surface area contributed by atoms with Crippen LogP contribution in [0.3, 0.4) is 0 Å². The largest absolute Gasteiger partial charge is 0.481 e. The van der Waals surface area contributed by atoms with E-state index in [1.54, 1.807) is 0 Å². The van der Waals surface area contributed by atoms with E-state index in [-0.39, 0.29) is 0 Å². The molecule has 0 saturated heterocycles. The van der Waals surface area contributed by atoms with Gasteiger partial charge in [0.2, 0.25) is 0 Å². The summed E-state index contributed by atoms with van der Waals surface area (Å²) in [5.74, 6) is -0.0326. The molecule has 0 aromatic carbocycles. The predicted octanol–water partition coefficient (Wildman–Crippen LogP) is 5.65. The molecule has 2 nitrogen and oxygen atoms in total. The summed E-state index contributed by atoms with van der Waals surface area (Å²) < 4.78 is 0. The summed E-state index contributed by atoms with van der Waals surface area (Å²) in [7, 11) is 0. The van der Waals surface area contributed by atoms with Crippen LogP contribution in [-0.4, -0.2) is 11.1 Å². The van der Waals surface area contributed by atoms with Gasteiger partial charge in [-0.2, -0.15) is 0 Å². The minimum Gasteiger partial charge on any atom is -0.481 e. The second-order valence-electron chi connectivity index (χ2n) is 6.28. The zero-order valence-corrected chi connectivity index (χ0v) is 13.5. The van der Waals surface area contributed by atoms with Crippen molar-refractivity contribution >= 4 is 5.97 Å². The molecule has 0 fully saturated rings. The van der Waals surface area contributed by atoms with E-state index in [1.807, 2.05) is 13.8 Å². The van der Waals surface area contributed by atoms with Crippen molar-refractivity contribution in [3.8, 4) is 0 Å². The minimum absolute atomic E-state index is 0.525. The van der Waals surface area contributed by atoms with E-state index in [1.165, 1.54) is 51.4 Å². The summed E-state index contributed by atoms with van der Waals surface area (Å²) in [5.41, 5.74) is -0.525. The average molecular weight is 270 g/mol. The number of hydrogen-bond donors (Lipinski definition) is 1. The van der Waals surface area contributed by atoms with E-state index in [0.717, 1.165) is 12.8 Å². The van der Waals surface area contributed by atoms with Gasteiger partial charge in [-0.3, -0.25) is 4.79 Å². The van der Waals surface area contributed by atoms with Gasteiger partial charge in [-0.1, -0.05) is 72.1 Å². The Bertz CT molecular complexity index is 237. The van der Waals surface area contributed by atoms with Crippen molar-refractivity contribution in [1.29, 1.82) is 0 Å². The van der Waals surface area contributed by atoms with Crippen LogP contribution in [0.1, 0.15) is 91.9 Å². The number of carboxylic acid groups (broad SMARTS) is 1. The fraction of sp³-hybridized carbons (Fsp3) is 0.941. The third kappa shape index (κ3) is 7.59. The van der Waals surface area contributed by atoms with E-state index >= 15 is 0 Å². The summed E-state index contributed by atoms with van der Waals surface area (Å²) in [6, 6.07) is 0. The van der Waals surface area contributed by atoms with Gasteiger partial charge < -0.3 is 5.11 Å². The van der Waals surface area contributed by atoms with Crippen LogP contribution in [0.4, 0.5) is 0 Å². The Labute approximate surface area is 120 Å². The third-order valence-electron chi connectivity index (χ3n) is 4.45. The fourth-order valence-electron chi connectivity index (χ4n) is 2.81. The number of aliphatic carboxylic acids is 1. The topological polar surface area (TPSA) is 37.3 Å². The van der Waals surface area contributed by atoms with Gasteiger partial charge in [0.1, 0.15) is 0 Å². The molecule has 0 aliphatic heterocycles. The maximum atomic E-state index is 11.4. The number of carbonyl (C=O) groups is 1. The molecular weight excluding hydrogens is 236 g/mol. The van der Waals surface area contributed by atoms with Crippen LogP contribution in [0.15, 0.2) is 0 Å². The zero-order chi connectivity index (χ0) is 14.7. The van der Waals surface area contributed by atoms with E-state index < -0.39 is 11.4 Å². The molecule has 0 heterocycles. The maximum absolute atomic E-state index is 11.4. The van der Waals surface area contributed by atoms with Crippen molar-refractivity contribution in [1.82, 2.24) is 0 Å². The van der Waals surface area contributed by atoms with Crippen molar-refractivity contribution in [2.75, 3.05) is 0 Å². The van der Waals surface area contributed by atoms with Gasteiger partial charge >= 0.3 is 5.97 Å². The van der Waals surface area contributed by atoms with Crippen molar-refractivity contribution in [3.63, 3.8) is 0 Å². The minimum atomic E-state index is -0.623. The molecule has 19 heavy (non-hydrogen) atoms. The second-order valence-corrected chi connectivity index (χ2v) is 6.28. The van der Waals surface area contributed by atoms with Crippen molar-refractivity contribution < 1.29 is 9.90 Å². The number of carboxylic acids is 1. The van der Waals surface area contributed by atoms with Crippen LogP contribution in [0.2, 0.25) is 0 Å². The van der Waals surface area contributed by atoms with Gasteiger partial charge in [0.25, 0.3) is 0 Å². The van der Waals surface area contributed by atoms with Gasteiger partial charge in [-0.25, -0.2) is 0 Å². The summed E-state index contributed by atoms with van der Waals surface area (Å²) >= 11 is 0. The molecule has 0 amide bonds. The van der Waals surface area contributed by atoms with Crippen LogP contribution < -0.4 is 0 Å². The molecule has 0 bridgehead atoms. The third-order valence-corrected chi connectivity index (χ3v) is 4.45. The second kappa shape index (κ2) is 10.3. The first kappa shape index (κ1) is 18.5. The molecule has 2 unspecified atom stereocenters. The molecule has 0 aromatic rings. The zero-order valence-electron chi connectivity index (χ0n) is 13.5. The van der Waals surface area contributed by atoms with Gasteiger partial charge in [0.15, 0.2) is 0 Å². The Morgan fingerprint density at radius 1 is 1.00 bits per heavy atom. The Morgan fingerprint density at radius 3 is 2.11 bits per heavy atom. The lowest BCUT2D eigenvalue weighted by Gasteiger charge is -2.28. The molecule has 0 radical (unpaired) electrons. The smallest absolute Gasteiger partial charge is 0.309 e.